The number of hydrogen-bond acceptors (Lipinski definition) is 3. The van der Waals surface area contributed by atoms with E-state index >= 15 is 0 Å². The molecule has 0 bridgehead atoms. The van der Waals surface area contributed by atoms with Crippen molar-refractivity contribution >= 4 is 12.6 Å². The maximum absolute atomic E-state index is 5.67. The predicted molar refractivity (Wildman–Crippen MR) is 49.6 cm³/mol. The number of rotatable bonds is 0. The summed E-state index contributed by atoms with van der Waals surface area (Å²) in [4.78, 5) is 2.32. The summed E-state index contributed by atoms with van der Waals surface area (Å²) in [5, 5.41) is 0. The van der Waals surface area contributed by atoms with E-state index in [0.717, 1.165) is 0 Å². The molecule has 0 radical (unpaired) electrons. The van der Waals surface area contributed by atoms with E-state index in [1.54, 1.807) is 6.26 Å². The standard InChI is InChI=1S/C6H14N2.CH4S/c1-8-4-2-6(7)3-5-8;1-2/h6H,2-5,7H2,1H3;2H,1H3. The second kappa shape index (κ2) is 6.01. The SMILES string of the molecule is CN1CCC(N)CC1.CS. The highest BCUT2D eigenvalue weighted by Gasteiger charge is 2.10. The fourth-order valence-electron chi connectivity index (χ4n) is 1.03. The van der Waals surface area contributed by atoms with Gasteiger partial charge in [0.1, 0.15) is 0 Å². The molecule has 0 spiro atoms. The molecule has 0 aromatic rings. The molecule has 0 aromatic carbocycles. The molecule has 62 valence electrons. The van der Waals surface area contributed by atoms with E-state index in [-0.39, 0.29) is 0 Å². The van der Waals surface area contributed by atoms with Gasteiger partial charge in [0.15, 0.2) is 0 Å². The lowest BCUT2D eigenvalue weighted by Crippen LogP contribution is -2.37. The van der Waals surface area contributed by atoms with Gasteiger partial charge in [-0.15, -0.1) is 0 Å². The molecule has 3 heteroatoms. The average Bonchev–Trinajstić information content (AvgIpc) is 2.00. The largest absolute Gasteiger partial charge is 0.328 e. The Balaban J connectivity index is 0.000000371. The summed E-state index contributed by atoms with van der Waals surface area (Å²) in [5.74, 6) is 0. The molecule has 2 nitrogen and oxygen atoms in total. The molecule has 1 aliphatic heterocycles. The number of likely N-dealkylation sites (tertiary alicyclic amines) is 1. The van der Waals surface area contributed by atoms with Crippen molar-refractivity contribution in [3.05, 3.63) is 0 Å². The number of hydrogen-bond donors (Lipinski definition) is 2. The Morgan fingerprint density at radius 2 is 1.70 bits per heavy atom. The Kier molecular flexibility index (Phi) is 6.17. The van der Waals surface area contributed by atoms with Crippen LogP contribution in [-0.2, 0) is 0 Å². The molecular weight excluding hydrogens is 144 g/mol. The smallest absolute Gasteiger partial charge is 0.00631 e. The summed E-state index contributed by atoms with van der Waals surface area (Å²) < 4.78 is 0. The minimum atomic E-state index is 0.478. The zero-order chi connectivity index (χ0) is 7.98. The fourth-order valence-corrected chi connectivity index (χ4v) is 1.03. The van der Waals surface area contributed by atoms with Crippen LogP contribution in [0.1, 0.15) is 12.8 Å². The topological polar surface area (TPSA) is 29.3 Å². The number of thiol groups is 1. The number of nitrogens with two attached hydrogens (primary N) is 1. The van der Waals surface area contributed by atoms with Crippen LogP contribution in [0.2, 0.25) is 0 Å². The third-order valence-electron chi connectivity index (χ3n) is 1.76. The molecule has 2 N–H and O–H groups in total. The first-order valence-electron chi connectivity index (χ1n) is 3.68. The highest BCUT2D eigenvalue weighted by Crippen LogP contribution is 2.04. The zero-order valence-corrected chi connectivity index (χ0v) is 7.77. The van der Waals surface area contributed by atoms with Crippen LogP contribution in [0.15, 0.2) is 0 Å². The van der Waals surface area contributed by atoms with Crippen molar-refractivity contribution < 1.29 is 0 Å². The highest BCUT2D eigenvalue weighted by molar-refractivity contribution is 7.79. The molecule has 0 unspecified atom stereocenters. The monoisotopic (exact) mass is 162 g/mol. The molecule has 0 amide bonds. The van der Waals surface area contributed by atoms with Crippen molar-refractivity contribution in [3.8, 4) is 0 Å². The van der Waals surface area contributed by atoms with E-state index in [1.807, 2.05) is 0 Å². The van der Waals surface area contributed by atoms with Gasteiger partial charge in [-0.2, -0.15) is 12.6 Å². The Morgan fingerprint density at radius 3 is 2.00 bits per heavy atom. The lowest BCUT2D eigenvalue weighted by Gasteiger charge is -2.25. The average molecular weight is 162 g/mol. The summed E-state index contributed by atoms with van der Waals surface area (Å²) in [6.45, 7) is 2.36. The van der Waals surface area contributed by atoms with Crippen LogP contribution < -0.4 is 5.73 Å². The van der Waals surface area contributed by atoms with Gasteiger partial charge in [-0.1, -0.05) is 0 Å². The van der Waals surface area contributed by atoms with E-state index in [9.17, 15) is 0 Å². The predicted octanol–water partition coefficient (Wildman–Crippen LogP) is 0.585. The van der Waals surface area contributed by atoms with Crippen molar-refractivity contribution in [1.82, 2.24) is 4.90 Å². The molecule has 1 fully saturated rings. The molecule has 1 saturated heterocycles. The lowest BCUT2D eigenvalue weighted by molar-refractivity contribution is 0.256. The molecule has 1 aliphatic rings. The van der Waals surface area contributed by atoms with Crippen LogP contribution in [0.3, 0.4) is 0 Å². The van der Waals surface area contributed by atoms with Crippen LogP contribution in [-0.4, -0.2) is 37.3 Å². The summed E-state index contributed by atoms with van der Waals surface area (Å²) in [5.41, 5.74) is 5.67. The first-order chi connectivity index (χ1) is 4.79. The third kappa shape index (κ3) is 4.14. The van der Waals surface area contributed by atoms with Gasteiger partial charge in [0.05, 0.1) is 0 Å². The van der Waals surface area contributed by atoms with Crippen molar-refractivity contribution in [2.75, 3.05) is 26.4 Å². The second-order valence-corrected chi connectivity index (χ2v) is 2.64. The lowest BCUT2D eigenvalue weighted by atomic mass is 10.1. The van der Waals surface area contributed by atoms with Gasteiger partial charge < -0.3 is 10.6 Å². The van der Waals surface area contributed by atoms with Crippen LogP contribution >= 0.6 is 12.6 Å². The molecule has 0 aromatic heterocycles. The van der Waals surface area contributed by atoms with Crippen LogP contribution in [0.25, 0.3) is 0 Å². The summed E-state index contributed by atoms with van der Waals surface area (Å²) in [6.07, 6.45) is 4.05. The first-order valence-corrected chi connectivity index (χ1v) is 4.57. The minimum absolute atomic E-state index is 0.478. The normalized spacial score (nSPS) is 21.6. The van der Waals surface area contributed by atoms with Gasteiger partial charge in [0, 0.05) is 6.04 Å². The third-order valence-corrected chi connectivity index (χ3v) is 1.76. The van der Waals surface area contributed by atoms with Crippen molar-refractivity contribution in [2.45, 2.75) is 18.9 Å². The van der Waals surface area contributed by atoms with E-state index in [1.165, 1.54) is 25.9 Å². The highest BCUT2D eigenvalue weighted by atomic mass is 32.1. The molecule has 1 heterocycles. The molecule has 0 saturated carbocycles. The molecule has 0 atom stereocenters. The van der Waals surface area contributed by atoms with Crippen LogP contribution in [0.4, 0.5) is 0 Å². The van der Waals surface area contributed by atoms with E-state index in [2.05, 4.69) is 24.6 Å². The molecule has 0 aliphatic carbocycles. The van der Waals surface area contributed by atoms with Gasteiger partial charge >= 0.3 is 0 Å². The maximum Gasteiger partial charge on any atom is 0.00631 e. The van der Waals surface area contributed by atoms with Gasteiger partial charge in [0.25, 0.3) is 0 Å². The van der Waals surface area contributed by atoms with Crippen molar-refractivity contribution in [1.29, 1.82) is 0 Å². The summed E-state index contributed by atoms with van der Waals surface area (Å²) in [6, 6.07) is 0.478. The second-order valence-electron chi connectivity index (χ2n) is 2.64. The fraction of sp³-hybridized carbons (Fsp3) is 1.00. The summed E-state index contributed by atoms with van der Waals surface area (Å²) >= 11 is 3.53. The maximum atomic E-state index is 5.67. The van der Waals surface area contributed by atoms with Crippen LogP contribution in [0, 0.1) is 0 Å². The van der Waals surface area contributed by atoms with Crippen molar-refractivity contribution in [2.24, 2.45) is 5.73 Å². The van der Waals surface area contributed by atoms with E-state index < -0.39 is 0 Å². The Morgan fingerprint density at radius 1 is 1.30 bits per heavy atom. The van der Waals surface area contributed by atoms with Gasteiger partial charge in [-0.25, -0.2) is 0 Å². The first kappa shape index (κ1) is 10.3. The number of piperidine rings is 1. The summed E-state index contributed by atoms with van der Waals surface area (Å²) in [7, 11) is 2.14. The quantitative estimate of drug-likeness (QED) is 0.510. The number of nitrogens with zero attached hydrogens (tertiary/aromatic N) is 1. The van der Waals surface area contributed by atoms with Gasteiger partial charge in [0.2, 0.25) is 0 Å². The molecule has 1 rings (SSSR count). The Hall–Kier alpha value is 0.270. The minimum Gasteiger partial charge on any atom is -0.328 e. The van der Waals surface area contributed by atoms with E-state index in [0.29, 0.717) is 6.04 Å². The van der Waals surface area contributed by atoms with E-state index in [4.69, 9.17) is 5.73 Å². The van der Waals surface area contributed by atoms with Gasteiger partial charge in [-0.05, 0) is 39.2 Å². The molecule has 10 heavy (non-hydrogen) atoms. The Labute approximate surface area is 69.2 Å². The zero-order valence-electron chi connectivity index (χ0n) is 6.88. The van der Waals surface area contributed by atoms with Gasteiger partial charge in [-0.3, -0.25) is 0 Å². The molecular formula is C7H18N2S. The Bertz CT molecular complexity index is 60.0. The van der Waals surface area contributed by atoms with Crippen molar-refractivity contribution in [3.63, 3.8) is 0 Å². The van der Waals surface area contributed by atoms with Crippen LogP contribution in [0.5, 0.6) is 0 Å².